The fraction of sp³-hybridized carbons (Fsp3) is 0.235. The van der Waals surface area contributed by atoms with Gasteiger partial charge < -0.3 is 5.11 Å². The maximum Gasteiger partial charge on any atom is 0.303 e. The summed E-state index contributed by atoms with van der Waals surface area (Å²) in [7, 11) is -3.91. The Balaban J connectivity index is 2.40. The van der Waals surface area contributed by atoms with E-state index in [0.717, 1.165) is 22.0 Å². The summed E-state index contributed by atoms with van der Waals surface area (Å²) < 4.78 is 40.0. The Bertz CT molecular complexity index is 819. The number of benzene rings is 2. The summed E-state index contributed by atoms with van der Waals surface area (Å²) in [6.07, 6.45) is 0.0327. The highest BCUT2D eigenvalue weighted by molar-refractivity contribution is 7.92. The molecular weight excluding hydrogens is 333 g/mol. The molecule has 0 aromatic heterocycles. The molecule has 0 unspecified atom stereocenters. The van der Waals surface area contributed by atoms with Gasteiger partial charge in [0.1, 0.15) is 5.82 Å². The third kappa shape index (κ3) is 4.32. The summed E-state index contributed by atoms with van der Waals surface area (Å²) in [5.74, 6) is -1.51. The number of carboxylic acids is 1. The molecule has 0 radical (unpaired) electrons. The molecule has 7 heteroatoms. The third-order valence-electron chi connectivity index (χ3n) is 3.44. The number of anilines is 1. The van der Waals surface area contributed by atoms with E-state index in [1.807, 2.05) is 13.0 Å². The minimum atomic E-state index is -3.91. The monoisotopic (exact) mass is 351 g/mol. The van der Waals surface area contributed by atoms with E-state index in [0.29, 0.717) is 5.69 Å². The molecule has 0 saturated heterocycles. The van der Waals surface area contributed by atoms with Crippen LogP contribution in [0.15, 0.2) is 53.4 Å². The van der Waals surface area contributed by atoms with Crippen LogP contribution in [0, 0.1) is 12.7 Å². The first-order chi connectivity index (χ1) is 11.3. The molecule has 0 aliphatic heterocycles. The lowest BCUT2D eigenvalue weighted by atomic mass is 10.2. The molecule has 0 spiro atoms. The molecule has 2 rings (SSSR count). The lowest BCUT2D eigenvalue weighted by Crippen LogP contribution is -2.32. The van der Waals surface area contributed by atoms with Crippen LogP contribution in [0.3, 0.4) is 0 Å². The van der Waals surface area contributed by atoms with Gasteiger partial charge in [0.05, 0.1) is 10.6 Å². The molecule has 1 N–H and O–H groups in total. The van der Waals surface area contributed by atoms with Crippen LogP contribution in [-0.2, 0) is 14.8 Å². The van der Waals surface area contributed by atoms with Crippen molar-refractivity contribution in [2.24, 2.45) is 0 Å². The number of carboxylic acid groups (broad SMARTS) is 1. The van der Waals surface area contributed by atoms with Crippen molar-refractivity contribution >= 4 is 21.7 Å². The molecule has 0 aliphatic carbocycles. The van der Waals surface area contributed by atoms with Gasteiger partial charge in [-0.3, -0.25) is 9.10 Å². The van der Waals surface area contributed by atoms with Gasteiger partial charge in [-0.05, 0) is 55.3 Å². The first-order valence-corrected chi connectivity index (χ1v) is 8.81. The minimum Gasteiger partial charge on any atom is -0.481 e. The Morgan fingerprint density at radius 1 is 1.17 bits per heavy atom. The number of aryl methyl sites for hydroxylation is 1. The molecule has 0 amide bonds. The molecule has 0 heterocycles. The van der Waals surface area contributed by atoms with Gasteiger partial charge in [0.2, 0.25) is 0 Å². The number of carbonyl (C=O) groups is 1. The van der Waals surface area contributed by atoms with Crippen LogP contribution in [0.4, 0.5) is 10.1 Å². The quantitative estimate of drug-likeness (QED) is 0.831. The predicted molar refractivity (Wildman–Crippen MR) is 89.0 cm³/mol. The van der Waals surface area contributed by atoms with Crippen molar-refractivity contribution in [3.8, 4) is 0 Å². The average molecular weight is 351 g/mol. The normalized spacial score (nSPS) is 11.2. The van der Waals surface area contributed by atoms with Crippen LogP contribution >= 0.6 is 0 Å². The first-order valence-electron chi connectivity index (χ1n) is 7.37. The second-order valence-electron chi connectivity index (χ2n) is 5.37. The van der Waals surface area contributed by atoms with Crippen molar-refractivity contribution in [2.45, 2.75) is 24.7 Å². The van der Waals surface area contributed by atoms with Crippen molar-refractivity contribution in [1.82, 2.24) is 0 Å². The van der Waals surface area contributed by atoms with E-state index >= 15 is 0 Å². The average Bonchev–Trinajstić information content (AvgIpc) is 2.51. The molecule has 2 aromatic rings. The zero-order valence-corrected chi connectivity index (χ0v) is 14.0. The molecule has 0 saturated carbocycles. The third-order valence-corrected chi connectivity index (χ3v) is 5.28. The van der Waals surface area contributed by atoms with Crippen molar-refractivity contribution in [2.75, 3.05) is 10.8 Å². The van der Waals surface area contributed by atoms with Gasteiger partial charge in [-0.15, -0.1) is 0 Å². The van der Waals surface area contributed by atoms with Crippen molar-refractivity contribution in [3.63, 3.8) is 0 Å². The Hall–Kier alpha value is -2.41. The lowest BCUT2D eigenvalue weighted by Gasteiger charge is -2.24. The van der Waals surface area contributed by atoms with Crippen LogP contribution < -0.4 is 4.31 Å². The van der Waals surface area contributed by atoms with E-state index in [1.165, 1.54) is 12.1 Å². The Kier molecular flexibility index (Phi) is 5.56. The number of hydrogen-bond donors (Lipinski definition) is 1. The van der Waals surface area contributed by atoms with Crippen LogP contribution in [0.5, 0.6) is 0 Å². The summed E-state index contributed by atoms with van der Waals surface area (Å²) >= 11 is 0. The van der Waals surface area contributed by atoms with Gasteiger partial charge in [0.25, 0.3) is 10.0 Å². The highest BCUT2D eigenvalue weighted by Crippen LogP contribution is 2.25. The van der Waals surface area contributed by atoms with Crippen LogP contribution in [0.25, 0.3) is 0 Å². The molecule has 0 atom stereocenters. The number of hydrogen-bond acceptors (Lipinski definition) is 3. The summed E-state index contributed by atoms with van der Waals surface area (Å²) in [4.78, 5) is 10.7. The van der Waals surface area contributed by atoms with E-state index in [1.54, 1.807) is 18.2 Å². The number of halogens is 1. The van der Waals surface area contributed by atoms with E-state index < -0.39 is 21.8 Å². The Labute approximate surface area is 140 Å². The molecule has 0 fully saturated rings. The molecule has 128 valence electrons. The van der Waals surface area contributed by atoms with Crippen LogP contribution in [0.1, 0.15) is 18.4 Å². The summed E-state index contributed by atoms with van der Waals surface area (Å²) in [5.41, 5.74) is 1.33. The summed E-state index contributed by atoms with van der Waals surface area (Å²) in [5, 5.41) is 8.78. The SMILES string of the molecule is Cc1cccc(N(CCCC(=O)O)S(=O)(=O)c2ccc(F)cc2)c1. The highest BCUT2D eigenvalue weighted by Gasteiger charge is 2.25. The zero-order valence-electron chi connectivity index (χ0n) is 13.1. The maximum atomic E-state index is 13.1. The summed E-state index contributed by atoms with van der Waals surface area (Å²) in [6, 6.07) is 11.5. The largest absolute Gasteiger partial charge is 0.481 e. The topological polar surface area (TPSA) is 74.7 Å². The summed E-state index contributed by atoms with van der Waals surface area (Å²) in [6.45, 7) is 1.86. The van der Waals surface area contributed by atoms with Gasteiger partial charge in [0.15, 0.2) is 0 Å². The second kappa shape index (κ2) is 7.44. The maximum absolute atomic E-state index is 13.1. The van der Waals surface area contributed by atoms with E-state index in [9.17, 15) is 17.6 Å². The first kappa shape index (κ1) is 17.9. The predicted octanol–water partition coefficient (Wildman–Crippen LogP) is 3.19. The minimum absolute atomic E-state index is 0.0233. The van der Waals surface area contributed by atoms with E-state index in [2.05, 4.69) is 0 Å². The van der Waals surface area contributed by atoms with Gasteiger partial charge in [0, 0.05) is 13.0 Å². The van der Waals surface area contributed by atoms with Gasteiger partial charge in [-0.1, -0.05) is 12.1 Å². The fourth-order valence-electron chi connectivity index (χ4n) is 2.28. The number of sulfonamides is 1. The fourth-order valence-corrected chi connectivity index (χ4v) is 3.77. The number of aliphatic carboxylic acids is 1. The molecule has 2 aromatic carbocycles. The van der Waals surface area contributed by atoms with Gasteiger partial charge >= 0.3 is 5.97 Å². The highest BCUT2D eigenvalue weighted by atomic mass is 32.2. The second-order valence-corrected chi connectivity index (χ2v) is 7.23. The standard InChI is InChI=1S/C17H18FNO4S/c1-13-4-2-5-15(12-13)19(11-3-6-17(20)21)24(22,23)16-9-7-14(18)8-10-16/h2,4-5,7-10,12H,3,6,11H2,1H3,(H,20,21). The van der Waals surface area contributed by atoms with Crippen LogP contribution in [-0.4, -0.2) is 26.0 Å². The van der Waals surface area contributed by atoms with E-state index in [4.69, 9.17) is 5.11 Å². The van der Waals surface area contributed by atoms with Crippen molar-refractivity contribution < 1.29 is 22.7 Å². The smallest absolute Gasteiger partial charge is 0.303 e. The van der Waals surface area contributed by atoms with Crippen molar-refractivity contribution in [3.05, 3.63) is 59.9 Å². The molecule has 5 nitrogen and oxygen atoms in total. The lowest BCUT2D eigenvalue weighted by molar-refractivity contribution is -0.137. The molecular formula is C17H18FNO4S. The van der Waals surface area contributed by atoms with Gasteiger partial charge in [-0.25, -0.2) is 12.8 Å². The Morgan fingerprint density at radius 2 is 1.83 bits per heavy atom. The molecule has 24 heavy (non-hydrogen) atoms. The molecule has 0 bridgehead atoms. The number of nitrogens with zero attached hydrogens (tertiary/aromatic N) is 1. The number of rotatable bonds is 7. The molecule has 0 aliphatic rings. The zero-order chi connectivity index (χ0) is 17.7. The van der Waals surface area contributed by atoms with E-state index in [-0.39, 0.29) is 24.3 Å². The Morgan fingerprint density at radius 3 is 2.42 bits per heavy atom. The van der Waals surface area contributed by atoms with Gasteiger partial charge in [-0.2, -0.15) is 0 Å². The van der Waals surface area contributed by atoms with Crippen molar-refractivity contribution in [1.29, 1.82) is 0 Å². The van der Waals surface area contributed by atoms with Crippen LogP contribution in [0.2, 0.25) is 0 Å².